The maximum absolute atomic E-state index is 12.5. The molecule has 1 aliphatic heterocycles. The summed E-state index contributed by atoms with van der Waals surface area (Å²) in [5.41, 5.74) is 2.38. The molecule has 3 rings (SSSR count). The Morgan fingerprint density at radius 3 is 2.38 bits per heavy atom. The molecule has 0 bridgehead atoms. The average Bonchev–Trinajstić information content (AvgIpc) is 3.09. The number of ether oxygens (including phenoxy) is 1. The molecular formula is C20H20N2O3S. The molecule has 0 aromatic heterocycles. The first kappa shape index (κ1) is 18.1. The number of hydrogen-bond acceptors (Lipinski definition) is 5. The van der Waals surface area contributed by atoms with Gasteiger partial charge in [0, 0.05) is 17.9 Å². The first-order valence-electron chi connectivity index (χ1n) is 8.28. The molecule has 2 aromatic carbocycles. The van der Waals surface area contributed by atoms with Gasteiger partial charge >= 0.3 is 5.97 Å². The fourth-order valence-corrected chi connectivity index (χ4v) is 3.84. The van der Waals surface area contributed by atoms with Crippen molar-refractivity contribution in [1.29, 1.82) is 0 Å². The SMILES string of the molecule is COC(=O)C1=C(NCc2ccccc2)C(NC(=O)c2ccccc2)CS1. The third-order valence-corrected chi connectivity index (χ3v) is 5.20. The van der Waals surface area contributed by atoms with Crippen molar-refractivity contribution in [2.24, 2.45) is 0 Å². The highest BCUT2D eigenvalue weighted by Crippen LogP contribution is 2.31. The topological polar surface area (TPSA) is 67.4 Å². The Hall–Kier alpha value is -2.73. The third kappa shape index (κ3) is 4.26. The first-order valence-corrected chi connectivity index (χ1v) is 9.26. The largest absolute Gasteiger partial charge is 0.465 e. The fraction of sp³-hybridized carbons (Fsp3) is 0.200. The number of hydrogen-bond donors (Lipinski definition) is 2. The lowest BCUT2D eigenvalue weighted by atomic mass is 10.1. The molecule has 1 atom stereocenters. The van der Waals surface area contributed by atoms with Crippen molar-refractivity contribution in [2.45, 2.75) is 12.6 Å². The minimum absolute atomic E-state index is 0.165. The van der Waals surface area contributed by atoms with Gasteiger partial charge in [0.15, 0.2) is 0 Å². The van der Waals surface area contributed by atoms with Gasteiger partial charge in [-0.3, -0.25) is 4.79 Å². The minimum Gasteiger partial charge on any atom is -0.465 e. The number of carbonyl (C=O) groups excluding carboxylic acids is 2. The first-order chi connectivity index (χ1) is 12.7. The van der Waals surface area contributed by atoms with E-state index in [1.807, 2.05) is 48.5 Å². The molecule has 1 heterocycles. The van der Waals surface area contributed by atoms with Gasteiger partial charge in [-0.1, -0.05) is 48.5 Å². The summed E-state index contributed by atoms with van der Waals surface area (Å²) in [6, 6.07) is 18.7. The summed E-state index contributed by atoms with van der Waals surface area (Å²) >= 11 is 1.39. The van der Waals surface area contributed by atoms with Crippen LogP contribution >= 0.6 is 11.8 Å². The van der Waals surface area contributed by atoms with E-state index in [9.17, 15) is 9.59 Å². The highest BCUT2D eigenvalue weighted by molar-refractivity contribution is 8.04. The van der Waals surface area contributed by atoms with Crippen LogP contribution in [-0.2, 0) is 16.1 Å². The van der Waals surface area contributed by atoms with E-state index in [0.717, 1.165) is 5.56 Å². The molecule has 0 saturated carbocycles. The van der Waals surface area contributed by atoms with E-state index >= 15 is 0 Å². The summed E-state index contributed by atoms with van der Waals surface area (Å²) in [4.78, 5) is 25.1. The van der Waals surface area contributed by atoms with Crippen LogP contribution < -0.4 is 10.6 Å². The van der Waals surface area contributed by atoms with Crippen LogP contribution in [0.2, 0.25) is 0 Å². The van der Waals surface area contributed by atoms with Crippen LogP contribution in [0, 0.1) is 0 Å². The molecule has 0 saturated heterocycles. The predicted octanol–water partition coefficient (Wildman–Crippen LogP) is 2.71. The van der Waals surface area contributed by atoms with Gasteiger partial charge in [-0.05, 0) is 17.7 Å². The number of amides is 1. The van der Waals surface area contributed by atoms with Crippen molar-refractivity contribution in [3.8, 4) is 0 Å². The molecule has 134 valence electrons. The molecule has 26 heavy (non-hydrogen) atoms. The number of carbonyl (C=O) groups is 2. The highest BCUT2D eigenvalue weighted by Gasteiger charge is 2.32. The van der Waals surface area contributed by atoms with Crippen molar-refractivity contribution in [1.82, 2.24) is 10.6 Å². The van der Waals surface area contributed by atoms with Crippen LogP contribution in [0.5, 0.6) is 0 Å². The monoisotopic (exact) mass is 368 g/mol. The second-order valence-corrected chi connectivity index (χ2v) is 6.81. The van der Waals surface area contributed by atoms with Gasteiger partial charge in [0.1, 0.15) is 4.91 Å². The molecule has 0 radical (unpaired) electrons. The van der Waals surface area contributed by atoms with Crippen LogP contribution in [0.4, 0.5) is 0 Å². The summed E-state index contributed by atoms with van der Waals surface area (Å²) in [6.45, 7) is 0.564. The molecule has 2 N–H and O–H groups in total. The summed E-state index contributed by atoms with van der Waals surface area (Å²) in [7, 11) is 1.36. The van der Waals surface area contributed by atoms with Crippen molar-refractivity contribution in [2.75, 3.05) is 12.9 Å². The summed E-state index contributed by atoms with van der Waals surface area (Å²) in [5.74, 6) is 0.0310. The van der Waals surface area contributed by atoms with Gasteiger partial charge in [-0.15, -0.1) is 11.8 Å². The predicted molar refractivity (Wildman–Crippen MR) is 102 cm³/mol. The quantitative estimate of drug-likeness (QED) is 0.768. The van der Waals surface area contributed by atoms with E-state index in [0.29, 0.717) is 28.5 Å². The number of benzene rings is 2. The number of nitrogens with one attached hydrogen (secondary N) is 2. The highest BCUT2D eigenvalue weighted by atomic mass is 32.2. The Morgan fingerprint density at radius 2 is 1.73 bits per heavy atom. The second kappa shape index (κ2) is 8.58. The molecular weight excluding hydrogens is 348 g/mol. The van der Waals surface area contributed by atoms with Crippen molar-refractivity contribution in [3.63, 3.8) is 0 Å². The standard InChI is InChI=1S/C20H20N2O3S/c1-25-20(24)18-17(21-12-14-8-4-2-5-9-14)16(13-26-18)22-19(23)15-10-6-3-7-11-15/h2-11,16,21H,12-13H2,1H3,(H,22,23). The molecule has 0 aliphatic carbocycles. The maximum Gasteiger partial charge on any atom is 0.346 e. The lowest BCUT2D eigenvalue weighted by molar-refractivity contribution is -0.135. The van der Waals surface area contributed by atoms with Gasteiger partial charge in [0.05, 0.1) is 18.8 Å². The van der Waals surface area contributed by atoms with Crippen LogP contribution in [0.3, 0.4) is 0 Å². The van der Waals surface area contributed by atoms with E-state index in [-0.39, 0.29) is 17.9 Å². The normalized spacial score (nSPS) is 16.3. The van der Waals surface area contributed by atoms with Crippen LogP contribution in [0.25, 0.3) is 0 Å². The Morgan fingerprint density at radius 1 is 1.08 bits per heavy atom. The number of thioether (sulfide) groups is 1. The lowest BCUT2D eigenvalue weighted by Crippen LogP contribution is -2.40. The summed E-state index contributed by atoms with van der Waals surface area (Å²) in [6.07, 6.45) is 0. The Balaban J connectivity index is 1.76. The van der Waals surface area contributed by atoms with Crippen molar-refractivity contribution < 1.29 is 14.3 Å². The Bertz CT molecular complexity index is 806. The Labute approximate surface area is 156 Å². The van der Waals surface area contributed by atoms with Crippen molar-refractivity contribution >= 4 is 23.6 Å². The van der Waals surface area contributed by atoms with E-state index in [2.05, 4.69) is 10.6 Å². The molecule has 1 aliphatic rings. The molecule has 1 unspecified atom stereocenters. The fourth-order valence-electron chi connectivity index (χ4n) is 2.69. The second-order valence-electron chi connectivity index (χ2n) is 5.78. The number of rotatable bonds is 6. The average molecular weight is 368 g/mol. The van der Waals surface area contributed by atoms with Crippen LogP contribution in [0.15, 0.2) is 71.3 Å². The maximum atomic E-state index is 12.5. The zero-order chi connectivity index (χ0) is 18.4. The van der Waals surface area contributed by atoms with Gasteiger partial charge in [0.25, 0.3) is 5.91 Å². The van der Waals surface area contributed by atoms with E-state index in [1.54, 1.807) is 12.1 Å². The zero-order valence-corrected chi connectivity index (χ0v) is 15.2. The lowest BCUT2D eigenvalue weighted by Gasteiger charge is -2.18. The van der Waals surface area contributed by atoms with Gasteiger partial charge in [-0.2, -0.15) is 0 Å². The third-order valence-electron chi connectivity index (χ3n) is 4.03. The molecule has 5 nitrogen and oxygen atoms in total. The molecule has 0 fully saturated rings. The summed E-state index contributed by atoms with van der Waals surface area (Å²) < 4.78 is 4.88. The smallest absolute Gasteiger partial charge is 0.346 e. The summed E-state index contributed by atoms with van der Waals surface area (Å²) in [5, 5.41) is 6.32. The molecule has 6 heteroatoms. The van der Waals surface area contributed by atoms with E-state index in [4.69, 9.17) is 4.74 Å². The number of methoxy groups -OCH3 is 1. The van der Waals surface area contributed by atoms with Gasteiger partial charge in [-0.25, -0.2) is 4.79 Å². The molecule has 2 aromatic rings. The van der Waals surface area contributed by atoms with Crippen LogP contribution in [-0.4, -0.2) is 30.8 Å². The number of esters is 1. The molecule has 1 amide bonds. The van der Waals surface area contributed by atoms with Crippen molar-refractivity contribution in [3.05, 3.63) is 82.4 Å². The van der Waals surface area contributed by atoms with E-state index < -0.39 is 0 Å². The minimum atomic E-state index is -0.387. The Kier molecular flexibility index (Phi) is 5.96. The van der Waals surface area contributed by atoms with E-state index in [1.165, 1.54) is 18.9 Å². The van der Waals surface area contributed by atoms with Gasteiger partial charge < -0.3 is 15.4 Å². The van der Waals surface area contributed by atoms with Gasteiger partial charge in [0.2, 0.25) is 0 Å². The van der Waals surface area contributed by atoms with Crippen LogP contribution in [0.1, 0.15) is 15.9 Å². The molecule has 0 spiro atoms. The zero-order valence-electron chi connectivity index (χ0n) is 14.4.